The molecule has 0 unspecified atom stereocenters. The Balaban J connectivity index is 2.13. The van der Waals surface area contributed by atoms with E-state index in [0.717, 1.165) is 0 Å². The van der Waals surface area contributed by atoms with Crippen molar-refractivity contribution in [1.29, 1.82) is 0 Å². The molecule has 7 nitrogen and oxygen atoms in total. The van der Waals surface area contributed by atoms with Crippen LogP contribution < -0.4 is 15.4 Å². The zero-order valence-corrected chi connectivity index (χ0v) is 13.6. The topological polar surface area (TPSA) is 79.9 Å². The van der Waals surface area contributed by atoms with Gasteiger partial charge in [0.15, 0.2) is 0 Å². The minimum atomic E-state index is -0.131. The number of hydrogen-bond donors (Lipinski definition) is 2. The number of nitrogens with zero attached hydrogens (tertiary/aromatic N) is 1. The molecule has 0 spiro atoms. The quantitative estimate of drug-likeness (QED) is 0.807. The molecule has 0 bridgehead atoms. The summed E-state index contributed by atoms with van der Waals surface area (Å²) < 4.78 is 10.5. The Morgan fingerprint density at radius 2 is 2.04 bits per heavy atom. The Labute approximate surface area is 135 Å². The van der Waals surface area contributed by atoms with Gasteiger partial charge in [0.1, 0.15) is 5.75 Å². The summed E-state index contributed by atoms with van der Waals surface area (Å²) in [6.45, 7) is 2.84. The smallest absolute Gasteiger partial charge is 0.254 e. The number of amides is 2. The molecule has 0 saturated carbocycles. The fourth-order valence-electron chi connectivity index (χ4n) is 2.34. The molecule has 2 N–H and O–H groups in total. The highest BCUT2D eigenvalue weighted by atomic mass is 16.5. The van der Waals surface area contributed by atoms with Crippen LogP contribution in [0.4, 0.5) is 5.69 Å². The molecule has 1 aromatic rings. The SMILES string of the molecule is CNCCC(=O)Nc1cc(C(=O)N2CCOCC2)ccc1OC. The normalized spacial score (nSPS) is 14.4. The molecule has 1 aliphatic rings. The molecule has 7 heteroatoms. The molecule has 0 radical (unpaired) electrons. The lowest BCUT2D eigenvalue weighted by molar-refractivity contribution is -0.116. The number of benzene rings is 1. The predicted octanol–water partition coefficient (Wildman–Crippen LogP) is 0.716. The molecule has 2 amide bonds. The van der Waals surface area contributed by atoms with Crippen molar-refractivity contribution >= 4 is 17.5 Å². The number of methoxy groups -OCH3 is 1. The van der Waals surface area contributed by atoms with Gasteiger partial charge in [-0.2, -0.15) is 0 Å². The molecule has 1 aliphatic heterocycles. The summed E-state index contributed by atoms with van der Waals surface area (Å²) >= 11 is 0. The third kappa shape index (κ3) is 4.67. The third-order valence-electron chi connectivity index (χ3n) is 3.62. The highest BCUT2D eigenvalue weighted by molar-refractivity contribution is 5.98. The van der Waals surface area contributed by atoms with E-state index in [9.17, 15) is 9.59 Å². The van der Waals surface area contributed by atoms with Crippen LogP contribution in [0.5, 0.6) is 5.75 Å². The number of morpholine rings is 1. The van der Waals surface area contributed by atoms with Crippen molar-refractivity contribution in [2.45, 2.75) is 6.42 Å². The van der Waals surface area contributed by atoms with Crippen molar-refractivity contribution in [2.24, 2.45) is 0 Å². The van der Waals surface area contributed by atoms with Crippen molar-refractivity contribution in [2.75, 3.05) is 52.3 Å². The summed E-state index contributed by atoms with van der Waals surface area (Å²) in [6, 6.07) is 5.06. The standard InChI is InChI=1S/C16H23N3O4/c1-17-6-5-15(20)18-13-11-12(3-4-14(13)22-2)16(21)19-7-9-23-10-8-19/h3-4,11,17H,5-10H2,1-2H3,(H,18,20). The first kappa shape index (κ1) is 17.2. The summed E-state index contributed by atoms with van der Waals surface area (Å²) in [5.41, 5.74) is 1.03. The fraction of sp³-hybridized carbons (Fsp3) is 0.500. The van der Waals surface area contributed by atoms with Gasteiger partial charge in [-0.05, 0) is 25.2 Å². The molecule has 0 atom stereocenters. The average molecular weight is 321 g/mol. The molecular formula is C16H23N3O4. The maximum atomic E-state index is 12.5. The van der Waals surface area contributed by atoms with Crippen LogP contribution in [-0.2, 0) is 9.53 Å². The lowest BCUT2D eigenvalue weighted by Crippen LogP contribution is -2.40. The van der Waals surface area contributed by atoms with Crippen LogP contribution in [0, 0.1) is 0 Å². The van der Waals surface area contributed by atoms with Gasteiger partial charge >= 0.3 is 0 Å². The average Bonchev–Trinajstić information content (AvgIpc) is 2.60. The van der Waals surface area contributed by atoms with Gasteiger partial charge in [0.25, 0.3) is 5.91 Å². The Bertz CT molecular complexity index is 556. The number of carbonyl (C=O) groups excluding carboxylic acids is 2. The Kier molecular flexibility index (Phi) is 6.37. The van der Waals surface area contributed by atoms with E-state index in [1.807, 2.05) is 0 Å². The number of anilines is 1. The number of carbonyl (C=O) groups is 2. The highest BCUT2D eigenvalue weighted by Crippen LogP contribution is 2.26. The molecular weight excluding hydrogens is 298 g/mol. The summed E-state index contributed by atoms with van der Waals surface area (Å²) in [6.07, 6.45) is 0.349. The van der Waals surface area contributed by atoms with Gasteiger partial charge in [-0.25, -0.2) is 0 Å². The predicted molar refractivity (Wildman–Crippen MR) is 86.9 cm³/mol. The molecule has 1 saturated heterocycles. The van der Waals surface area contributed by atoms with E-state index in [4.69, 9.17) is 9.47 Å². The van der Waals surface area contributed by atoms with Crippen molar-refractivity contribution in [3.63, 3.8) is 0 Å². The largest absolute Gasteiger partial charge is 0.495 e. The molecule has 126 valence electrons. The maximum absolute atomic E-state index is 12.5. The second-order valence-corrected chi connectivity index (χ2v) is 5.22. The minimum absolute atomic E-state index is 0.0679. The van der Waals surface area contributed by atoms with Gasteiger partial charge in [0.2, 0.25) is 5.91 Å². The van der Waals surface area contributed by atoms with E-state index in [0.29, 0.717) is 56.3 Å². The number of ether oxygens (including phenoxy) is 2. The first-order chi connectivity index (χ1) is 11.2. The van der Waals surface area contributed by atoms with E-state index >= 15 is 0 Å². The number of hydrogen-bond acceptors (Lipinski definition) is 5. The monoisotopic (exact) mass is 321 g/mol. The minimum Gasteiger partial charge on any atom is -0.495 e. The van der Waals surface area contributed by atoms with Crippen LogP contribution in [0.3, 0.4) is 0 Å². The van der Waals surface area contributed by atoms with Crippen LogP contribution in [-0.4, -0.2) is 63.7 Å². The van der Waals surface area contributed by atoms with Gasteiger partial charge in [-0.1, -0.05) is 0 Å². The second kappa shape index (κ2) is 8.50. The zero-order chi connectivity index (χ0) is 16.7. The summed E-state index contributed by atoms with van der Waals surface area (Å²) in [4.78, 5) is 26.2. The second-order valence-electron chi connectivity index (χ2n) is 5.22. The first-order valence-corrected chi connectivity index (χ1v) is 7.65. The molecule has 23 heavy (non-hydrogen) atoms. The third-order valence-corrected chi connectivity index (χ3v) is 3.62. The van der Waals surface area contributed by atoms with E-state index in [-0.39, 0.29) is 11.8 Å². The van der Waals surface area contributed by atoms with Gasteiger partial charge in [-0.3, -0.25) is 9.59 Å². The molecule has 1 fully saturated rings. The van der Waals surface area contributed by atoms with Gasteiger partial charge in [-0.15, -0.1) is 0 Å². The van der Waals surface area contributed by atoms with Crippen LogP contribution in [0.2, 0.25) is 0 Å². The van der Waals surface area contributed by atoms with Crippen molar-refractivity contribution in [3.05, 3.63) is 23.8 Å². The fourth-order valence-corrected chi connectivity index (χ4v) is 2.34. The summed E-state index contributed by atoms with van der Waals surface area (Å²) in [5, 5.41) is 5.72. The Hall–Kier alpha value is -2.12. The van der Waals surface area contributed by atoms with Gasteiger partial charge < -0.3 is 25.0 Å². The summed E-state index contributed by atoms with van der Waals surface area (Å²) in [7, 11) is 3.32. The summed E-state index contributed by atoms with van der Waals surface area (Å²) in [5.74, 6) is 0.330. The molecule has 0 aromatic heterocycles. The van der Waals surface area contributed by atoms with E-state index in [1.165, 1.54) is 7.11 Å². The lowest BCUT2D eigenvalue weighted by atomic mass is 10.1. The molecule has 0 aliphatic carbocycles. The lowest BCUT2D eigenvalue weighted by Gasteiger charge is -2.27. The molecule has 1 heterocycles. The van der Waals surface area contributed by atoms with Crippen molar-refractivity contribution < 1.29 is 19.1 Å². The van der Waals surface area contributed by atoms with Crippen LogP contribution in [0.15, 0.2) is 18.2 Å². The van der Waals surface area contributed by atoms with Crippen LogP contribution in [0.25, 0.3) is 0 Å². The van der Waals surface area contributed by atoms with Crippen LogP contribution in [0.1, 0.15) is 16.8 Å². The maximum Gasteiger partial charge on any atom is 0.254 e. The Morgan fingerprint density at radius 3 is 2.70 bits per heavy atom. The zero-order valence-electron chi connectivity index (χ0n) is 13.6. The molecule has 2 rings (SSSR count). The van der Waals surface area contributed by atoms with Crippen molar-refractivity contribution in [3.8, 4) is 5.75 Å². The number of nitrogens with one attached hydrogen (secondary N) is 2. The van der Waals surface area contributed by atoms with Crippen LogP contribution >= 0.6 is 0 Å². The van der Waals surface area contributed by atoms with Crippen molar-refractivity contribution in [1.82, 2.24) is 10.2 Å². The molecule has 1 aromatic carbocycles. The van der Waals surface area contributed by atoms with Gasteiger partial charge in [0, 0.05) is 31.6 Å². The highest BCUT2D eigenvalue weighted by Gasteiger charge is 2.20. The number of rotatable bonds is 6. The van der Waals surface area contributed by atoms with E-state index < -0.39 is 0 Å². The van der Waals surface area contributed by atoms with Gasteiger partial charge in [0.05, 0.1) is 26.0 Å². The Morgan fingerprint density at radius 1 is 1.30 bits per heavy atom. The first-order valence-electron chi connectivity index (χ1n) is 7.65. The van der Waals surface area contributed by atoms with E-state index in [1.54, 1.807) is 30.1 Å². The van der Waals surface area contributed by atoms with E-state index in [2.05, 4.69) is 10.6 Å².